The first kappa shape index (κ1) is 22.9. The van der Waals surface area contributed by atoms with Crippen LogP contribution < -0.4 is 19.1 Å². The molecule has 1 N–H and O–H groups in total. The summed E-state index contributed by atoms with van der Waals surface area (Å²) >= 11 is 0. The highest BCUT2D eigenvalue weighted by atomic mass is 32.2. The molecular weight excluding hydrogens is 492 g/mol. The van der Waals surface area contributed by atoms with Crippen LogP contribution in [0, 0.1) is 0 Å². The number of para-hydroxylation sites is 1. The van der Waals surface area contributed by atoms with Crippen LogP contribution >= 0.6 is 0 Å². The number of furan rings is 1. The lowest BCUT2D eigenvalue weighted by Crippen LogP contribution is -2.29. The summed E-state index contributed by atoms with van der Waals surface area (Å²) in [6.45, 7) is 0.205. The Kier molecular flexibility index (Phi) is 5.49. The lowest BCUT2D eigenvalue weighted by Gasteiger charge is -2.23. The second-order valence-corrected chi connectivity index (χ2v) is 10.7. The lowest BCUT2D eigenvalue weighted by molar-refractivity contribution is 0.102. The molecule has 0 spiro atoms. The van der Waals surface area contributed by atoms with Gasteiger partial charge in [0.2, 0.25) is 16.8 Å². The molecule has 2 heterocycles. The molecule has 0 aliphatic carbocycles. The SMILES string of the molecule is CS(=O)(=O)N(Cc1ccc(C(=O)Nc2ccc3c(c2)oc2ccccc23)cc1)c1ccc2c(c1)OCO2. The Labute approximate surface area is 213 Å². The number of nitrogens with zero attached hydrogens (tertiary/aromatic N) is 1. The van der Waals surface area contributed by atoms with E-state index in [2.05, 4.69) is 5.32 Å². The van der Waals surface area contributed by atoms with Gasteiger partial charge in [-0.25, -0.2) is 8.42 Å². The summed E-state index contributed by atoms with van der Waals surface area (Å²) in [5.74, 6) is 0.795. The molecule has 1 aliphatic rings. The van der Waals surface area contributed by atoms with Crippen molar-refractivity contribution in [1.29, 1.82) is 0 Å². The number of benzene rings is 4. The maximum Gasteiger partial charge on any atom is 0.255 e. The van der Waals surface area contributed by atoms with Crippen molar-refractivity contribution in [1.82, 2.24) is 0 Å². The quantitative estimate of drug-likeness (QED) is 0.320. The average molecular weight is 515 g/mol. The Bertz CT molecular complexity index is 1760. The van der Waals surface area contributed by atoms with Gasteiger partial charge in [-0.3, -0.25) is 9.10 Å². The van der Waals surface area contributed by atoms with E-state index < -0.39 is 10.0 Å². The summed E-state index contributed by atoms with van der Waals surface area (Å²) in [5, 5.41) is 4.90. The predicted molar refractivity (Wildman–Crippen MR) is 142 cm³/mol. The van der Waals surface area contributed by atoms with Crippen molar-refractivity contribution < 1.29 is 27.1 Å². The number of fused-ring (bicyclic) bond motifs is 4. The first-order valence-electron chi connectivity index (χ1n) is 11.5. The minimum Gasteiger partial charge on any atom is -0.456 e. The molecule has 186 valence electrons. The van der Waals surface area contributed by atoms with Gasteiger partial charge in [-0.05, 0) is 48.0 Å². The van der Waals surface area contributed by atoms with Gasteiger partial charge in [-0.15, -0.1) is 0 Å². The molecule has 0 atom stereocenters. The van der Waals surface area contributed by atoms with Crippen LogP contribution in [0.3, 0.4) is 0 Å². The number of anilines is 2. The zero-order chi connectivity index (χ0) is 25.6. The van der Waals surface area contributed by atoms with Gasteiger partial charge >= 0.3 is 0 Å². The maximum absolute atomic E-state index is 12.9. The summed E-state index contributed by atoms with van der Waals surface area (Å²) < 4.78 is 43.0. The van der Waals surface area contributed by atoms with E-state index >= 15 is 0 Å². The molecular formula is C28H22N2O6S. The number of amides is 1. The Morgan fingerprint density at radius 1 is 0.865 bits per heavy atom. The van der Waals surface area contributed by atoms with Crippen LogP contribution in [0.15, 0.2) is 89.3 Å². The Balaban J connectivity index is 1.19. The highest BCUT2D eigenvalue weighted by Gasteiger charge is 2.22. The smallest absolute Gasteiger partial charge is 0.255 e. The molecule has 0 unspecified atom stereocenters. The van der Waals surface area contributed by atoms with Crippen LogP contribution in [0.1, 0.15) is 15.9 Å². The summed E-state index contributed by atoms with van der Waals surface area (Å²) in [7, 11) is -3.58. The largest absolute Gasteiger partial charge is 0.456 e. The van der Waals surface area contributed by atoms with Gasteiger partial charge in [0.1, 0.15) is 11.2 Å². The summed E-state index contributed by atoms with van der Waals surface area (Å²) in [6.07, 6.45) is 1.15. The van der Waals surface area contributed by atoms with Crippen LogP contribution in [0.25, 0.3) is 21.9 Å². The van der Waals surface area contributed by atoms with E-state index in [1.165, 1.54) is 4.31 Å². The van der Waals surface area contributed by atoms with Crippen molar-refractivity contribution in [3.8, 4) is 11.5 Å². The standard InChI is InChI=1S/C28H22N2O6S/c1-37(32,33)30(21-11-13-25-27(15-21)35-17-34-25)16-18-6-8-19(9-7-18)28(31)29-20-10-12-23-22-4-2-3-5-24(22)36-26(23)14-20/h2-15H,16-17H2,1H3,(H,29,31). The van der Waals surface area contributed by atoms with E-state index in [9.17, 15) is 13.2 Å². The van der Waals surface area contributed by atoms with Crippen molar-refractivity contribution in [3.05, 3.63) is 96.1 Å². The number of hydrogen-bond donors (Lipinski definition) is 1. The zero-order valence-electron chi connectivity index (χ0n) is 19.8. The van der Waals surface area contributed by atoms with Gasteiger partial charge in [0.05, 0.1) is 18.5 Å². The Hall–Kier alpha value is -4.50. The van der Waals surface area contributed by atoms with E-state index in [-0.39, 0.29) is 19.2 Å². The molecule has 0 radical (unpaired) electrons. The van der Waals surface area contributed by atoms with Gasteiger partial charge in [0.25, 0.3) is 5.91 Å². The molecule has 37 heavy (non-hydrogen) atoms. The third kappa shape index (κ3) is 4.45. The minimum atomic E-state index is -3.58. The molecule has 0 bridgehead atoms. The fourth-order valence-electron chi connectivity index (χ4n) is 4.37. The van der Waals surface area contributed by atoms with E-state index in [1.54, 1.807) is 48.5 Å². The van der Waals surface area contributed by atoms with Gasteiger partial charge in [-0.1, -0.05) is 30.3 Å². The molecule has 1 aromatic heterocycles. The van der Waals surface area contributed by atoms with Gasteiger partial charge in [-0.2, -0.15) is 0 Å². The van der Waals surface area contributed by atoms with E-state index in [0.29, 0.717) is 34.0 Å². The molecule has 1 aliphatic heterocycles. The van der Waals surface area contributed by atoms with Crippen molar-refractivity contribution in [2.45, 2.75) is 6.54 Å². The van der Waals surface area contributed by atoms with Crippen LogP contribution in [0.4, 0.5) is 11.4 Å². The van der Waals surface area contributed by atoms with Crippen molar-refractivity contribution in [2.75, 3.05) is 22.7 Å². The van der Waals surface area contributed by atoms with Crippen LogP contribution in [0.5, 0.6) is 11.5 Å². The molecule has 0 saturated carbocycles. The fraction of sp³-hybridized carbons (Fsp3) is 0.107. The van der Waals surface area contributed by atoms with Crippen molar-refractivity contribution in [2.24, 2.45) is 0 Å². The maximum atomic E-state index is 12.9. The number of rotatable bonds is 6. The number of carbonyl (C=O) groups excluding carboxylic acids is 1. The normalized spacial score (nSPS) is 12.7. The van der Waals surface area contributed by atoms with E-state index in [1.807, 2.05) is 36.4 Å². The molecule has 0 fully saturated rings. The zero-order valence-corrected chi connectivity index (χ0v) is 20.6. The summed E-state index contributed by atoms with van der Waals surface area (Å²) in [6, 6.07) is 25.2. The monoisotopic (exact) mass is 514 g/mol. The lowest BCUT2D eigenvalue weighted by atomic mass is 10.1. The molecule has 1 amide bonds. The van der Waals surface area contributed by atoms with Gasteiger partial charge < -0.3 is 19.2 Å². The highest BCUT2D eigenvalue weighted by molar-refractivity contribution is 7.92. The fourth-order valence-corrected chi connectivity index (χ4v) is 5.25. The predicted octanol–water partition coefficient (Wildman–Crippen LogP) is 5.53. The van der Waals surface area contributed by atoms with Gasteiger partial charge in [0.15, 0.2) is 11.5 Å². The summed E-state index contributed by atoms with van der Waals surface area (Å²) in [5.41, 5.74) is 3.74. The molecule has 4 aromatic carbocycles. The Morgan fingerprint density at radius 2 is 1.62 bits per heavy atom. The number of carbonyl (C=O) groups is 1. The average Bonchev–Trinajstić information content (AvgIpc) is 3.50. The third-order valence-electron chi connectivity index (χ3n) is 6.22. The minimum absolute atomic E-state index is 0.100. The molecule has 5 aromatic rings. The number of sulfonamides is 1. The van der Waals surface area contributed by atoms with E-state index in [0.717, 1.165) is 28.2 Å². The second-order valence-electron chi connectivity index (χ2n) is 8.77. The topological polar surface area (TPSA) is 98.1 Å². The molecule has 6 rings (SSSR count). The number of hydrogen-bond acceptors (Lipinski definition) is 6. The van der Waals surface area contributed by atoms with Crippen LogP contribution in [-0.2, 0) is 16.6 Å². The number of ether oxygens (including phenoxy) is 2. The van der Waals surface area contributed by atoms with Crippen molar-refractivity contribution >= 4 is 49.2 Å². The molecule has 8 nitrogen and oxygen atoms in total. The number of nitrogens with one attached hydrogen (secondary N) is 1. The Morgan fingerprint density at radius 3 is 2.43 bits per heavy atom. The first-order chi connectivity index (χ1) is 17.8. The van der Waals surface area contributed by atoms with E-state index in [4.69, 9.17) is 13.9 Å². The summed E-state index contributed by atoms with van der Waals surface area (Å²) in [4.78, 5) is 12.9. The van der Waals surface area contributed by atoms with Crippen molar-refractivity contribution in [3.63, 3.8) is 0 Å². The first-order valence-corrected chi connectivity index (χ1v) is 13.4. The van der Waals surface area contributed by atoms with Gasteiger partial charge in [0, 0.05) is 34.2 Å². The van der Waals surface area contributed by atoms with Crippen LogP contribution in [-0.4, -0.2) is 27.4 Å². The second kappa shape index (κ2) is 8.86. The molecule has 9 heteroatoms. The highest BCUT2D eigenvalue weighted by Crippen LogP contribution is 2.36. The van der Waals surface area contributed by atoms with Crippen LogP contribution in [0.2, 0.25) is 0 Å². The third-order valence-corrected chi connectivity index (χ3v) is 7.36. The molecule has 0 saturated heterocycles.